The molecular formula is C14H13BrFNO. The third-order valence-corrected chi connectivity index (χ3v) is 3.56. The van der Waals surface area contributed by atoms with Gasteiger partial charge in [0.2, 0.25) is 0 Å². The number of phenols is 1. The highest BCUT2D eigenvalue weighted by molar-refractivity contribution is 9.10. The van der Waals surface area contributed by atoms with Crippen LogP contribution < -0.4 is 5.32 Å². The van der Waals surface area contributed by atoms with E-state index in [1.165, 1.54) is 12.1 Å². The molecule has 2 rings (SSSR count). The molecule has 2 aromatic carbocycles. The third kappa shape index (κ3) is 3.01. The van der Waals surface area contributed by atoms with E-state index >= 15 is 0 Å². The molecule has 0 saturated carbocycles. The largest absolute Gasteiger partial charge is 0.505 e. The first kappa shape index (κ1) is 12.9. The molecule has 0 amide bonds. The lowest BCUT2D eigenvalue weighted by Crippen LogP contribution is -2.00. The maximum absolute atomic E-state index is 13.1. The first-order valence-electron chi connectivity index (χ1n) is 5.53. The molecule has 0 saturated heterocycles. The molecule has 2 N–H and O–H groups in total. The van der Waals surface area contributed by atoms with Crippen LogP contribution in [0.4, 0.5) is 10.1 Å². The maximum atomic E-state index is 13.1. The van der Waals surface area contributed by atoms with E-state index in [9.17, 15) is 4.39 Å². The predicted molar refractivity (Wildman–Crippen MR) is 74.3 cm³/mol. The zero-order chi connectivity index (χ0) is 13.1. The second-order valence-electron chi connectivity index (χ2n) is 4.10. The van der Waals surface area contributed by atoms with E-state index in [1.807, 2.05) is 25.1 Å². The lowest BCUT2D eigenvalue weighted by Gasteiger charge is -2.08. The van der Waals surface area contributed by atoms with Gasteiger partial charge in [0.25, 0.3) is 0 Å². The smallest absolute Gasteiger partial charge is 0.165 e. The molecule has 2 nitrogen and oxygen atoms in total. The molecule has 0 heterocycles. The molecule has 0 unspecified atom stereocenters. The summed E-state index contributed by atoms with van der Waals surface area (Å²) in [5.74, 6) is -0.917. The summed E-state index contributed by atoms with van der Waals surface area (Å²) >= 11 is 3.44. The van der Waals surface area contributed by atoms with Crippen molar-refractivity contribution in [2.75, 3.05) is 5.32 Å². The monoisotopic (exact) mass is 309 g/mol. The molecule has 0 aliphatic heterocycles. The highest BCUT2D eigenvalue weighted by Crippen LogP contribution is 2.21. The van der Waals surface area contributed by atoms with Crippen LogP contribution in [0.15, 0.2) is 40.9 Å². The molecule has 94 valence electrons. The van der Waals surface area contributed by atoms with Gasteiger partial charge in [0, 0.05) is 16.7 Å². The van der Waals surface area contributed by atoms with Crippen molar-refractivity contribution in [1.82, 2.24) is 0 Å². The van der Waals surface area contributed by atoms with Gasteiger partial charge in [-0.05, 0) is 48.4 Å². The van der Waals surface area contributed by atoms with Crippen molar-refractivity contribution in [3.05, 3.63) is 57.8 Å². The van der Waals surface area contributed by atoms with Crippen molar-refractivity contribution in [2.45, 2.75) is 13.5 Å². The molecule has 0 spiro atoms. The van der Waals surface area contributed by atoms with Crippen molar-refractivity contribution in [1.29, 1.82) is 0 Å². The molecule has 18 heavy (non-hydrogen) atoms. The van der Waals surface area contributed by atoms with Crippen molar-refractivity contribution < 1.29 is 9.50 Å². The van der Waals surface area contributed by atoms with Gasteiger partial charge < -0.3 is 10.4 Å². The van der Waals surface area contributed by atoms with Gasteiger partial charge in [0.1, 0.15) is 0 Å². The van der Waals surface area contributed by atoms with E-state index in [-0.39, 0.29) is 5.75 Å². The zero-order valence-corrected chi connectivity index (χ0v) is 11.5. The fourth-order valence-electron chi connectivity index (χ4n) is 1.62. The Balaban J connectivity index is 2.06. The van der Waals surface area contributed by atoms with Crippen LogP contribution >= 0.6 is 15.9 Å². The van der Waals surface area contributed by atoms with Crippen LogP contribution in [0, 0.1) is 12.7 Å². The van der Waals surface area contributed by atoms with Gasteiger partial charge in [-0.2, -0.15) is 0 Å². The van der Waals surface area contributed by atoms with Crippen LogP contribution in [-0.4, -0.2) is 5.11 Å². The molecule has 0 atom stereocenters. The third-order valence-electron chi connectivity index (χ3n) is 2.67. The van der Waals surface area contributed by atoms with Gasteiger partial charge in [-0.25, -0.2) is 4.39 Å². The number of phenolic OH excluding ortho intramolecular Hbond substituents is 1. The number of benzene rings is 2. The summed E-state index contributed by atoms with van der Waals surface area (Å²) in [6.45, 7) is 2.52. The summed E-state index contributed by atoms with van der Waals surface area (Å²) < 4.78 is 14.2. The number of hydrogen-bond donors (Lipinski definition) is 2. The highest BCUT2D eigenvalue weighted by atomic mass is 79.9. The summed E-state index contributed by atoms with van der Waals surface area (Å²) in [5, 5.41) is 12.3. The van der Waals surface area contributed by atoms with Crippen molar-refractivity contribution in [2.24, 2.45) is 0 Å². The molecule has 0 aliphatic rings. The lowest BCUT2D eigenvalue weighted by atomic mass is 10.2. The average molecular weight is 310 g/mol. The Labute approximate surface area is 114 Å². The van der Waals surface area contributed by atoms with E-state index in [2.05, 4.69) is 21.2 Å². The Morgan fingerprint density at radius 3 is 2.67 bits per heavy atom. The van der Waals surface area contributed by atoms with E-state index in [0.717, 1.165) is 21.3 Å². The number of anilines is 1. The summed E-state index contributed by atoms with van der Waals surface area (Å²) in [4.78, 5) is 0. The minimum absolute atomic E-state index is 0.321. The van der Waals surface area contributed by atoms with Crippen molar-refractivity contribution in [3.63, 3.8) is 0 Å². The van der Waals surface area contributed by atoms with Crippen LogP contribution in [-0.2, 0) is 6.54 Å². The molecule has 2 aromatic rings. The quantitative estimate of drug-likeness (QED) is 0.890. The van der Waals surface area contributed by atoms with Gasteiger partial charge in [0.15, 0.2) is 11.6 Å². The Hall–Kier alpha value is -1.55. The van der Waals surface area contributed by atoms with E-state index in [0.29, 0.717) is 6.54 Å². The van der Waals surface area contributed by atoms with E-state index < -0.39 is 5.82 Å². The Morgan fingerprint density at radius 1 is 1.22 bits per heavy atom. The topological polar surface area (TPSA) is 32.3 Å². The highest BCUT2D eigenvalue weighted by Gasteiger charge is 2.02. The first-order valence-corrected chi connectivity index (χ1v) is 6.33. The van der Waals surface area contributed by atoms with Gasteiger partial charge in [-0.15, -0.1) is 0 Å². The molecule has 4 heteroatoms. The summed E-state index contributed by atoms with van der Waals surface area (Å²) in [6, 6.07) is 10.3. The van der Waals surface area contributed by atoms with Gasteiger partial charge in [0.05, 0.1) is 0 Å². The van der Waals surface area contributed by atoms with Crippen LogP contribution in [0.3, 0.4) is 0 Å². The minimum Gasteiger partial charge on any atom is -0.505 e. The Kier molecular flexibility index (Phi) is 3.87. The normalized spacial score (nSPS) is 10.4. The summed E-state index contributed by atoms with van der Waals surface area (Å²) in [7, 11) is 0. The zero-order valence-electron chi connectivity index (χ0n) is 9.87. The number of nitrogens with one attached hydrogen (secondary N) is 1. The standard InChI is InChI=1S/C14H13BrFNO/c1-9-6-11(3-4-12(9)15)17-8-10-2-5-14(18)13(16)7-10/h2-7,17-18H,8H2,1H3. The Bertz CT molecular complexity index is 520. The van der Waals surface area contributed by atoms with Crippen LogP contribution in [0.2, 0.25) is 0 Å². The molecule has 0 aromatic heterocycles. The van der Waals surface area contributed by atoms with Crippen molar-refractivity contribution in [3.8, 4) is 5.75 Å². The van der Waals surface area contributed by atoms with Crippen LogP contribution in [0.5, 0.6) is 5.75 Å². The molecule has 0 bridgehead atoms. The van der Waals surface area contributed by atoms with Crippen LogP contribution in [0.1, 0.15) is 11.1 Å². The molecular weight excluding hydrogens is 297 g/mol. The molecule has 0 fully saturated rings. The van der Waals surface area contributed by atoms with Gasteiger partial charge in [-0.1, -0.05) is 22.0 Å². The summed E-state index contributed by atoms with van der Waals surface area (Å²) in [5.41, 5.74) is 2.90. The Morgan fingerprint density at radius 2 is 2.00 bits per heavy atom. The van der Waals surface area contributed by atoms with Gasteiger partial charge in [-0.3, -0.25) is 0 Å². The number of halogens is 2. The second kappa shape index (κ2) is 5.40. The van der Waals surface area contributed by atoms with Crippen molar-refractivity contribution >= 4 is 21.6 Å². The number of aryl methyl sites for hydroxylation is 1. The minimum atomic E-state index is -0.596. The number of hydrogen-bond acceptors (Lipinski definition) is 2. The van der Waals surface area contributed by atoms with E-state index in [1.54, 1.807) is 6.07 Å². The number of aromatic hydroxyl groups is 1. The lowest BCUT2D eigenvalue weighted by molar-refractivity contribution is 0.432. The molecule has 0 aliphatic carbocycles. The van der Waals surface area contributed by atoms with E-state index in [4.69, 9.17) is 5.11 Å². The average Bonchev–Trinajstić information content (AvgIpc) is 2.35. The summed E-state index contributed by atoms with van der Waals surface area (Å²) in [6.07, 6.45) is 0. The van der Waals surface area contributed by atoms with Gasteiger partial charge >= 0.3 is 0 Å². The fourth-order valence-corrected chi connectivity index (χ4v) is 1.87. The first-order chi connectivity index (χ1) is 8.56. The SMILES string of the molecule is Cc1cc(NCc2ccc(O)c(F)c2)ccc1Br. The van der Waals surface area contributed by atoms with Crippen LogP contribution in [0.25, 0.3) is 0 Å². The maximum Gasteiger partial charge on any atom is 0.165 e. The predicted octanol–water partition coefficient (Wildman–Crippen LogP) is 4.21. The molecule has 0 radical (unpaired) electrons. The second-order valence-corrected chi connectivity index (χ2v) is 4.96. The fraction of sp³-hybridized carbons (Fsp3) is 0.143. The number of rotatable bonds is 3.